The second-order valence-electron chi connectivity index (χ2n) is 11.5. The topological polar surface area (TPSA) is 172 Å². The monoisotopic (exact) mass is 568 g/mol. The summed E-state index contributed by atoms with van der Waals surface area (Å²) in [6.45, 7) is 2.43. The standard InChI is InChI=1S/C27H37FN2O10/c1-25-13-22(33)27(28)19(5-4-16-12-17(31)8-9-26(16,27)2)18(25)6-7-20(25)21(32)15-39-24(35)29-14-23(34)38-10-3-11-40-30(36)37/h8-9,12,18-20,22,33,36-37H,3-7,10-11,13-15H2,1-2H3,(H,29,35)/t18?,19-,20?,22-,25-,26-,27?/m0/s1. The third-order valence-corrected chi connectivity index (χ3v) is 9.51. The van der Waals surface area contributed by atoms with E-state index in [0.717, 1.165) is 0 Å². The van der Waals surface area contributed by atoms with Gasteiger partial charge in [0.1, 0.15) is 6.54 Å². The molecule has 0 saturated heterocycles. The van der Waals surface area contributed by atoms with Crippen LogP contribution in [0.1, 0.15) is 52.4 Å². The van der Waals surface area contributed by atoms with Crippen LogP contribution in [0.2, 0.25) is 0 Å². The molecule has 222 valence electrons. The molecule has 3 saturated carbocycles. The fourth-order valence-electron chi connectivity index (χ4n) is 7.61. The molecule has 0 spiro atoms. The van der Waals surface area contributed by atoms with E-state index >= 15 is 4.39 Å². The Bertz CT molecular complexity index is 1100. The predicted molar refractivity (Wildman–Crippen MR) is 133 cm³/mol. The van der Waals surface area contributed by atoms with Crippen LogP contribution in [0.4, 0.5) is 9.18 Å². The Hall–Kier alpha value is -2.71. The molecule has 0 aromatic carbocycles. The molecule has 12 nitrogen and oxygen atoms in total. The molecule has 4 aliphatic carbocycles. The molecule has 7 atom stereocenters. The van der Waals surface area contributed by atoms with Gasteiger partial charge in [-0.25, -0.2) is 9.18 Å². The van der Waals surface area contributed by atoms with Crippen LogP contribution in [0, 0.1) is 28.6 Å². The van der Waals surface area contributed by atoms with E-state index in [1.54, 1.807) is 13.0 Å². The zero-order valence-electron chi connectivity index (χ0n) is 22.6. The highest BCUT2D eigenvalue weighted by Gasteiger charge is 2.70. The molecule has 4 rings (SSSR count). The first-order valence-electron chi connectivity index (χ1n) is 13.5. The number of fused-ring (bicyclic) bond motifs is 5. The zero-order chi connectivity index (χ0) is 29.3. The number of hydrogen-bond donors (Lipinski definition) is 4. The summed E-state index contributed by atoms with van der Waals surface area (Å²) in [6.07, 6.45) is 4.49. The third-order valence-electron chi connectivity index (χ3n) is 9.51. The van der Waals surface area contributed by atoms with Gasteiger partial charge >= 0.3 is 12.1 Å². The lowest BCUT2D eigenvalue weighted by Gasteiger charge is -2.62. The molecule has 0 radical (unpaired) electrons. The summed E-state index contributed by atoms with van der Waals surface area (Å²) in [5.74, 6) is -2.45. The average molecular weight is 569 g/mol. The van der Waals surface area contributed by atoms with Gasteiger partial charge in [-0.05, 0) is 62.5 Å². The van der Waals surface area contributed by atoms with Crippen molar-refractivity contribution in [2.75, 3.05) is 26.4 Å². The number of halogens is 1. The van der Waals surface area contributed by atoms with Gasteiger partial charge in [0.2, 0.25) is 0 Å². The number of amides is 1. The Balaban J connectivity index is 1.31. The molecule has 40 heavy (non-hydrogen) atoms. The molecule has 0 aliphatic heterocycles. The van der Waals surface area contributed by atoms with Crippen molar-refractivity contribution in [1.82, 2.24) is 10.7 Å². The van der Waals surface area contributed by atoms with Crippen LogP contribution in [0.3, 0.4) is 0 Å². The third kappa shape index (κ3) is 5.45. The van der Waals surface area contributed by atoms with Crippen molar-refractivity contribution in [3.8, 4) is 0 Å². The highest BCUT2D eigenvalue weighted by atomic mass is 19.1. The number of alkyl halides is 1. The Morgan fingerprint density at radius 1 is 1.12 bits per heavy atom. The van der Waals surface area contributed by atoms with Crippen LogP contribution in [-0.4, -0.2) is 82.7 Å². The maximum atomic E-state index is 17.1. The number of Topliss-reactive ketones (excluding diaryl/α,β-unsaturated/α-hetero) is 1. The highest BCUT2D eigenvalue weighted by Crippen LogP contribution is 2.68. The van der Waals surface area contributed by atoms with E-state index in [9.17, 15) is 24.3 Å². The number of esters is 1. The van der Waals surface area contributed by atoms with Crippen LogP contribution >= 0.6 is 0 Å². The Kier molecular flexibility index (Phi) is 8.81. The van der Waals surface area contributed by atoms with Crippen LogP contribution in [0.25, 0.3) is 0 Å². The van der Waals surface area contributed by atoms with Crippen molar-refractivity contribution in [2.24, 2.45) is 28.6 Å². The van der Waals surface area contributed by atoms with Crippen molar-refractivity contribution in [2.45, 2.75) is 64.1 Å². The molecule has 13 heteroatoms. The normalized spacial score (nSPS) is 36.3. The van der Waals surface area contributed by atoms with Crippen LogP contribution < -0.4 is 5.32 Å². The number of ether oxygens (including phenoxy) is 2. The summed E-state index contributed by atoms with van der Waals surface area (Å²) in [7, 11) is 0. The lowest BCUT2D eigenvalue weighted by atomic mass is 9.45. The number of aliphatic hydroxyl groups is 1. The molecule has 0 aromatic heterocycles. The van der Waals surface area contributed by atoms with Crippen molar-refractivity contribution >= 4 is 23.6 Å². The van der Waals surface area contributed by atoms with Gasteiger partial charge in [-0.1, -0.05) is 18.6 Å². The van der Waals surface area contributed by atoms with E-state index in [1.807, 2.05) is 6.92 Å². The maximum Gasteiger partial charge on any atom is 0.408 e. The van der Waals surface area contributed by atoms with Gasteiger partial charge in [0, 0.05) is 23.7 Å². The summed E-state index contributed by atoms with van der Waals surface area (Å²) >= 11 is 0. The second kappa shape index (κ2) is 11.6. The Morgan fingerprint density at radius 2 is 1.88 bits per heavy atom. The molecule has 4 aliphatic rings. The fourth-order valence-corrected chi connectivity index (χ4v) is 7.61. The lowest BCUT2D eigenvalue weighted by Crippen LogP contribution is -2.66. The summed E-state index contributed by atoms with van der Waals surface area (Å²) in [4.78, 5) is 53.2. The molecule has 4 N–H and O–H groups in total. The van der Waals surface area contributed by atoms with Gasteiger partial charge < -0.3 is 19.9 Å². The number of ketones is 2. The molecule has 0 heterocycles. The minimum atomic E-state index is -1.97. The largest absolute Gasteiger partial charge is 0.464 e. The summed E-state index contributed by atoms with van der Waals surface area (Å²) in [5, 5.41) is 29.8. The minimum absolute atomic E-state index is 0.0729. The molecule has 0 bridgehead atoms. The van der Waals surface area contributed by atoms with Gasteiger partial charge in [-0.3, -0.25) is 29.6 Å². The first-order valence-corrected chi connectivity index (χ1v) is 13.5. The number of carbonyl (C=O) groups is 4. The van der Waals surface area contributed by atoms with E-state index < -0.39 is 65.0 Å². The number of aliphatic hydroxyl groups excluding tert-OH is 1. The smallest absolute Gasteiger partial charge is 0.408 e. The SMILES string of the molecule is C[C@]12C[C@H](O)C3(F)[C@@H](CCC4=CC(=O)C=C[C@@]43C)C1CCC2C(=O)COC(=O)NCC(=O)OCCCON(O)O. The number of alkyl carbamates (subject to hydrolysis) is 1. The summed E-state index contributed by atoms with van der Waals surface area (Å²) in [6, 6.07) is 0. The van der Waals surface area contributed by atoms with Gasteiger partial charge in [0.15, 0.2) is 23.8 Å². The summed E-state index contributed by atoms with van der Waals surface area (Å²) < 4.78 is 26.9. The molecule has 0 aromatic rings. The van der Waals surface area contributed by atoms with Gasteiger partial charge in [0.25, 0.3) is 0 Å². The summed E-state index contributed by atoms with van der Waals surface area (Å²) in [5.41, 5.74) is -3.04. The Morgan fingerprint density at radius 3 is 2.60 bits per heavy atom. The van der Waals surface area contributed by atoms with E-state index in [2.05, 4.69) is 10.2 Å². The molecule has 3 fully saturated rings. The molecule has 1 amide bonds. The van der Waals surface area contributed by atoms with E-state index in [1.165, 1.54) is 12.2 Å². The second-order valence-corrected chi connectivity index (χ2v) is 11.5. The van der Waals surface area contributed by atoms with E-state index in [0.29, 0.717) is 31.3 Å². The first kappa shape index (κ1) is 30.3. The molecular weight excluding hydrogens is 531 g/mol. The number of hydrogen-bond acceptors (Lipinski definition) is 11. The number of nitrogens with zero attached hydrogens (tertiary/aromatic N) is 1. The Labute approximate surface area is 231 Å². The first-order chi connectivity index (χ1) is 18.8. The van der Waals surface area contributed by atoms with Crippen molar-refractivity contribution in [3.05, 3.63) is 23.8 Å². The van der Waals surface area contributed by atoms with Crippen LogP contribution in [0.5, 0.6) is 0 Å². The van der Waals surface area contributed by atoms with Crippen molar-refractivity contribution in [1.29, 1.82) is 0 Å². The highest BCUT2D eigenvalue weighted by molar-refractivity contribution is 6.01. The van der Waals surface area contributed by atoms with Gasteiger partial charge in [-0.2, -0.15) is 0 Å². The number of carbonyl (C=O) groups excluding carboxylic acids is 4. The quantitative estimate of drug-likeness (QED) is 0.173. The number of allylic oxidation sites excluding steroid dienone is 4. The molecule has 3 unspecified atom stereocenters. The fraction of sp³-hybridized carbons (Fsp3) is 0.704. The number of nitrogens with one attached hydrogen (secondary N) is 1. The predicted octanol–water partition coefficient (Wildman–Crippen LogP) is 2.21. The van der Waals surface area contributed by atoms with Gasteiger partial charge in [0.05, 0.1) is 24.7 Å². The maximum absolute atomic E-state index is 17.1. The van der Waals surface area contributed by atoms with E-state index in [4.69, 9.17) is 19.9 Å². The lowest BCUT2D eigenvalue weighted by molar-refractivity contribution is -0.492. The van der Waals surface area contributed by atoms with Crippen molar-refractivity contribution < 1.29 is 53.4 Å². The minimum Gasteiger partial charge on any atom is -0.464 e. The van der Waals surface area contributed by atoms with Gasteiger partial charge in [-0.15, -0.1) is 0 Å². The molecular formula is C27H37FN2O10. The average Bonchev–Trinajstić information content (AvgIpc) is 3.23. The van der Waals surface area contributed by atoms with Crippen molar-refractivity contribution in [3.63, 3.8) is 0 Å². The van der Waals surface area contributed by atoms with E-state index in [-0.39, 0.29) is 43.5 Å². The zero-order valence-corrected chi connectivity index (χ0v) is 22.6. The van der Waals surface area contributed by atoms with Crippen LogP contribution in [-0.2, 0) is 28.7 Å². The number of rotatable bonds is 10. The van der Waals surface area contributed by atoms with Crippen LogP contribution in [0.15, 0.2) is 23.8 Å².